The van der Waals surface area contributed by atoms with Crippen LogP contribution in [0.15, 0.2) is 47.4 Å². The maximum atomic E-state index is 13.6. The van der Waals surface area contributed by atoms with Crippen LogP contribution in [0.2, 0.25) is 0 Å². The van der Waals surface area contributed by atoms with Gasteiger partial charge in [-0.3, -0.25) is 4.40 Å². The number of hydrogen-bond acceptors (Lipinski definition) is 3. The average molecular weight is 302 g/mol. The van der Waals surface area contributed by atoms with Gasteiger partial charge in [0.2, 0.25) is 0 Å². The molecule has 0 unspecified atom stereocenters. The van der Waals surface area contributed by atoms with Gasteiger partial charge in [-0.15, -0.1) is 5.10 Å². The minimum Gasteiger partial charge on any atom is -0.389 e. The lowest BCUT2D eigenvalue weighted by Gasteiger charge is -2.05. The Morgan fingerprint density at radius 1 is 1.33 bits per heavy atom. The molecule has 0 atom stereocenters. The number of rotatable bonds is 3. The summed E-state index contributed by atoms with van der Waals surface area (Å²) in [4.78, 5) is 12.1. The third kappa shape index (κ3) is 2.43. The molecule has 0 fully saturated rings. The highest BCUT2D eigenvalue weighted by Crippen LogP contribution is 2.11. The van der Waals surface area contributed by atoms with Gasteiger partial charge in [0.1, 0.15) is 10.8 Å². The molecule has 0 aliphatic heterocycles. The zero-order chi connectivity index (χ0) is 15.0. The first-order chi connectivity index (χ1) is 10.1. The fraction of sp³-hybridized carbons (Fsp3) is 0.0714. The Balaban J connectivity index is 2.03. The van der Waals surface area contributed by atoms with Gasteiger partial charge in [-0.25, -0.2) is 13.9 Å². The van der Waals surface area contributed by atoms with Gasteiger partial charge in [0.05, 0.1) is 6.54 Å². The molecule has 5 nitrogen and oxygen atoms in total. The number of fused-ring (bicyclic) bond motifs is 1. The number of aromatic nitrogens is 3. The van der Waals surface area contributed by atoms with Crippen molar-refractivity contribution in [3.8, 4) is 0 Å². The van der Waals surface area contributed by atoms with Gasteiger partial charge >= 0.3 is 5.69 Å². The molecule has 0 saturated heterocycles. The smallest absolute Gasteiger partial charge is 0.350 e. The van der Waals surface area contributed by atoms with E-state index in [0.717, 1.165) is 0 Å². The van der Waals surface area contributed by atoms with E-state index in [1.807, 2.05) is 0 Å². The third-order valence-corrected chi connectivity index (χ3v) is 3.34. The summed E-state index contributed by atoms with van der Waals surface area (Å²) in [7, 11) is 0. The van der Waals surface area contributed by atoms with Crippen molar-refractivity contribution in [3.05, 3.63) is 70.0 Å². The molecule has 0 radical (unpaired) electrons. The van der Waals surface area contributed by atoms with Crippen LogP contribution in [0, 0.1) is 5.82 Å². The van der Waals surface area contributed by atoms with E-state index < -0.39 is 5.82 Å². The highest BCUT2D eigenvalue weighted by molar-refractivity contribution is 7.80. The molecule has 0 aliphatic carbocycles. The molecule has 3 aromatic rings. The van der Waals surface area contributed by atoms with Crippen molar-refractivity contribution in [1.29, 1.82) is 0 Å². The monoisotopic (exact) mass is 302 g/mol. The quantitative estimate of drug-likeness (QED) is 0.741. The van der Waals surface area contributed by atoms with Crippen molar-refractivity contribution in [1.82, 2.24) is 14.2 Å². The summed E-state index contributed by atoms with van der Waals surface area (Å²) >= 11 is 4.80. The van der Waals surface area contributed by atoms with E-state index >= 15 is 0 Å². The van der Waals surface area contributed by atoms with E-state index in [0.29, 0.717) is 11.2 Å². The number of pyridine rings is 1. The van der Waals surface area contributed by atoms with Crippen LogP contribution in [0.4, 0.5) is 4.39 Å². The highest BCUT2D eigenvalue weighted by atomic mass is 32.1. The van der Waals surface area contributed by atoms with E-state index in [9.17, 15) is 9.18 Å². The Morgan fingerprint density at radius 3 is 2.86 bits per heavy atom. The number of benzene rings is 1. The average Bonchev–Trinajstić information content (AvgIpc) is 2.78. The van der Waals surface area contributed by atoms with Gasteiger partial charge in [0, 0.05) is 11.8 Å². The van der Waals surface area contributed by atoms with E-state index in [1.54, 1.807) is 30.5 Å². The molecule has 2 N–H and O–H groups in total. The molecule has 21 heavy (non-hydrogen) atoms. The minimum absolute atomic E-state index is 0.0169. The fourth-order valence-corrected chi connectivity index (χ4v) is 2.26. The van der Waals surface area contributed by atoms with E-state index in [4.69, 9.17) is 18.0 Å². The van der Waals surface area contributed by atoms with Crippen LogP contribution in [-0.4, -0.2) is 19.2 Å². The second-order valence-electron chi connectivity index (χ2n) is 4.55. The van der Waals surface area contributed by atoms with Crippen LogP contribution in [0.5, 0.6) is 0 Å². The standard InChI is InChI=1S/C14H11FN4OS/c15-11-5-4-9(7-10(11)13(16)21)8-19-14(20)18-6-2-1-3-12(18)17-19/h1-7H,8H2,(H2,16,21). The molecule has 1 aromatic carbocycles. The van der Waals surface area contributed by atoms with Crippen LogP contribution in [-0.2, 0) is 6.54 Å². The van der Waals surface area contributed by atoms with Crippen LogP contribution in [0.1, 0.15) is 11.1 Å². The molecule has 7 heteroatoms. The normalized spacial score (nSPS) is 10.9. The second kappa shape index (κ2) is 5.10. The topological polar surface area (TPSA) is 65.3 Å². The maximum Gasteiger partial charge on any atom is 0.350 e. The van der Waals surface area contributed by atoms with Crippen molar-refractivity contribution in [2.24, 2.45) is 5.73 Å². The number of nitrogens with zero attached hydrogens (tertiary/aromatic N) is 3. The summed E-state index contributed by atoms with van der Waals surface area (Å²) in [6.45, 7) is 0.219. The molecule has 0 spiro atoms. The first kappa shape index (κ1) is 13.4. The molecular formula is C14H11FN4OS. The molecule has 0 bridgehead atoms. The van der Waals surface area contributed by atoms with Crippen molar-refractivity contribution in [2.45, 2.75) is 6.54 Å². The van der Waals surface area contributed by atoms with Gasteiger partial charge in [0.15, 0.2) is 5.65 Å². The molecule has 106 valence electrons. The number of thiocarbonyl (C=S) groups is 1. The Bertz CT molecular complexity index is 899. The number of halogens is 1. The predicted molar refractivity (Wildman–Crippen MR) is 80.8 cm³/mol. The molecule has 0 amide bonds. The predicted octanol–water partition coefficient (Wildman–Crippen LogP) is 1.32. The van der Waals surface area contributed by atoms with Crippen LogP contribution < -0.4 is 11.4 Å². The Morgan fingerprint density at radius 2 is 2.14 bits per heavy atom. The summed E-state index contributed by atoms with van der Waals surface area (Å²) < 4.78 is 16.3. The Labute approximate surface area is 124 Å². The lowest BCUT2D eigenvalue weighted by Crippen LogP contribution is -2.22. The van der Waals surface area contributed by atoms with E-state index in [1.165, 1.54) is 21.2 Å². The second-order valence-corrected chi connectivity index (χ2v) is 4.99. The number of nitrogens with two attached hydrogens (primary N) is 1. The molecule has 2 aromatic heterocycles. The van der Waals surface area contributed by atoms with Gasteiger partial charge < -0.3 is 5.73 Å². The van der Waals surface area contributed by atoms with Gasteiger partial charge in [-0.1, -0.05) is 24.4 Å². The molecular weight excluding hydrogens is 291 g/mol. The zero-order valence-corrected chi connectivity index (χ0v) is 11.7. The maximum absolute atomic E-state index is 13.6. The summed E-state index contributed by atoms with van der Waals surface area (Å²) in [5.41, 5.74) is 6.63. The molecule has 0 saturated carbocycles. The zero-order valence-electron chi connectivity index (χ0n) is 10.9. The van der Waals surface area contributed by atoms with Crippen molar-refractivity contribution in [2.75, 3.05) is 0 Å². The first-order valence-corrected chi connectivity index (χ1v) is 6.59. The van der Waals surface area contributed by atoms with Crippen molar-refractivity contribution < 1.29 is 4.39 Å². The summed E-state index contributed by atoms with van der Waals surface area (Å²) in [5.74, 6) is -0.478. The van der Waals surface area contributed by atoms with Crippen molar-refractivity contribution in [3.63, 3.8) is 0 Å². The first-order valence-electron chi connectivity index (χ1n) is 6.19. The fourth-order valence-electron chi connectivity index (χ4n) is 2.10. The molecule has 2 heterocycles. The van der Waals surface area contributed by atoms with E-state index in [-0.39, 0.29) is 22.8 Å². The minimum atomic E-state index is -0.478. The summed E-state index contributed by atoms with van der Waals surface area (Å²) in [6, 6.07) is 9.69. The molecule has 3 rings (SSSR count). The van der Waals surface area contributed by atoms with Crippen LogP contribution >= 0.6 is 12.2 Å². The van der Waals surface area contributed by atoms with Gasteiger partial charge in [0.25, 0.3) is 0 Å². The summed E-state index contributed by atoms with van der Waals surface area (Å²) in [5, 5.41) is 4.21. The van der Waals surface area contributed by atoms with E-state index in [2.05, 4.69) is 5.10 Å². The number of hydrogen-bond donors (Lipinski definition) is 1. The van der Waals surface area contributed by atoms with Gasteiger partial charge in [-0.05, 0) is 29.8 Å². The largest absolute Gasteiger partial charge is 0.389 e. The molecule has 0 aliphatic rings. The lowest BCUT2D eigenvalue weighted by molar-refractivity contribution is 0.620. The summed E-state index contributed by atoms with van der Waals surface area (Å²) in [6.07, 6.45) is 1.65. The third-order valence-electron chi connectivity index (χ3n) is 3.12. The SMILES string of the molecule is NC(=S)c1cc(Cn2nc3ccccn3c2=O)ccc1F. The van der Waals surface area contributed by atoms with Gasteiger partial charge in [-0.2, -0.15) is 0 Å². The Hall–Kier alpha value is -2.54. The lowest BCUT2D eigenvalue weighted by atomic mass is 10.1. The van der Waals surface area contributed by atoms with Crippen LogP contribution in [0.3, 0.4) is 0 Å². The van der Waals surface area contributed by atoms with Crippen molar-refractivity contribution >= 4 is 22.9 Å². The Kier molecular flexibility index (Phi) is 3.26. The van der Waals surface area contributed by atoms with Crippen LogP contribution in [0.25, 0.3) is 5.65 Å². The highest BCUT2D eigenvalue weighted by Gasteiger charge is 2.10.